The quantitative estimate of drug-likeness (QED) is 0.173. The molecular formula is C35H40O2. The number of ketones is 2. The largest absolute Gasteiger partial charge is 0.289 e. The summed E-state index contributed by atoms with van der Waals surface area (Å²) in [6.07, 6.45) is 15.8. The highest BCUT2D eigenvalue weighted by molar-refractivity contribution is 6.16. The van der Waals surface area contributed by atoms with Crippen LogP contribution in [0.15, 0.2) is 48.5 Å². The highest BCUT2D eigenvalue weighted by atomic mass is 16.1. The van der Waals surface area contributed by atoms with Gasteiger partial charge in [0.2, 0.25) is 0 Å². The number of aryl methyl sites for hydroxylation is 2. The minimum Gasteiger partial charge on any atom is -0.289 e. The summed E-state index contributed by atoms with van der Waals surface area (Å²) >= 11 is 0. The van der Waals surface area contributed by atoms with E-state index >= 15 is 0 Å². The second-order valence-corrected chi connectivity index (χ2v) is 11.3. The Morgan fingerprint density at radius 2 is 1.03 bits per heavy atom. The molecule has 0 saturated carbocycles. The molecule has 3 aromatic rings. The van der Waals surface area contributed by atoms with E-state index in [-0.39, 0.29) is 11.6 Å². The predicted octanol–water partition coefficient (Wildman–Crippen LogP) is 8.73. The molecule has 0 unspecified atom stereocenters. The van der Waals surface area contributed by atoms with Crippen molar-refractivity contribution >= 4 is 11.6 Å². The molecule has 0 saturated heterocycles. The van der Waals surface area contributed by atoms with Crippen molar-refractivity contribution in [1.29, 1.82) is 0 Å². The summed E-state index contributed by atoms with van der Waals surface area (Å²) in [7, 11) is 0. The van der Waals surface area contributed by atoms with Crippen molar-refractivity contribution in [1.82, 2.24) is 0 Å². The van der Waals surface area contributed by atoms with Gasteiger partial charge in [-0.2, -0.15) is 0 Å². The molecule has 0 spiro atoms. The summed E-state index contributed by atoms with van der Waals surface area (Å²) in [5, 5.41) is 0. The van der Waals surface area contributed by atoms with Crippen molar-refractivity contribution in [3.8, 4) is 0 Å². The first-order valence-electron chi connectivity index (χ1n) is 14.5. The number of benzene rings is 3. The molecule has 2 aliphatic rings. The molecule has 0 N–H and O–H groups in total. The van der Waals surface area contributed by atoms with Crippen molar-refractivity contribution < 1.29 is 9.59 Å². The highest BCUT2D eigenvalue weighted by Crippen LogP contribution is 2.35. The number of carbonyl (C=O) groups excluding carboxylic acids is 2. The van der Waals surface area contributed by atoms with Gasteiger partial charge < -0.3 is 0 Å². The Hall–Kier alpha value is -3.00. The van der Waals surface area contributed by atoms with Crippen LogP contribution in [0.2, 0.25) is 0 Å². The SMILES string of the molecule is CCCCCCCCCCCCc1ccc2c(c1)C(=O)c1cc3c(cc1C2)C(=O)c1cc(C)ccc1C3. The zero-order valence-electron chi connectivity index (χ0n) is 22.6. The summed E-state index contributed by atoms with van der Waals surface area (Å²) < 4.78 is 0. The molecule has 2 aliphatic carbocycles. The Morgan fingerprint density at radius 3 is 1.62 bits per heavy atom. The van der Waals surface area contributed by atoms with Crippen LogP contribution in [-0.2, 0) is 19.3 Å². The maximum absolute atomic E-state index is 13.6. The van der Waals surface area contributed by atoms with Crippen molar-refractivity contribution in [2.75, 3.05) is 0 Å². The standard InChI is InChI=1S/C35H40O2/c1-3-4-5-6-7-8-9-10-11-12-13-25-15-17-27-21-29-22-32-28(23-33(29)35(37)31(27)19-25)20-26-16-14-24(2)18-30(26)34(32)36/h14-19,22-23H,3-13,20-21H2,1-2H3. The van der Waals surface area contributed by atoms with Gasteiger partial charge in [0.1, 0.15) is 0 Å². The van der Waals surface area contributed by atoms with Gasteiger partial charge in [0.25, 0.3) is 0 Å². The smallest absolute Gasteiger partial charge is 0.193 e. The number of rotatable bonds is 11. The summed E-state index contributed by atoms with van der Waals surface area (Å²) in [5.41, 5.74) is 9.72. The molecule has 0 heterocycles. The highest BCUT2D eigenvalue weighted by Gasteiger charge is 2.29. The van der Waals surface area contributed by atoms with E-state index in [1.807, 2.05) is 25.1 Å². The predicted molar refractivity (Wildman–Crippen MR) is 152 cm³/mol. The number of unbranched alkanes of at least 4 members (excludes halogenated alkanes) is 9. The third-order valence-electron chi connectivity index (χ3n) is 8.33. The van der Waals surface area contributed by atoms with E-state index in [2.05, 4.69) is 37.3 Å². The topological polar surface area (TPSA) is 34.1 Å². The number of carbonyl (C=O) groups is 2. The number of hydrogen-bond donors (Lipinski definition) is 0. The van der Waals surface area contributed by atoms with Crippen LogP contribution in [0.3, 0.4) is 0 Å². The van der Waals surface area contributed by atoms with E-state index in [0.717, 1.165) is 62.9 Å². The fourth-order valence-corrected chi connectivity index (χ4v) is 6.12. The summed E-state index contributed by atoms with van der Waals surface area (Å²) in [5.74, 6) is 0.207. The molecule has 0 radical (unpaired) electrons. The zero-order valence-corrected chi connectivity index (χ0v) is 22.6. The lowest BCUT2D eigenvalue weighted by atomic mass is 9.77. The zero-order chi connectivity index (χ0) is 25.8. The Morgan fingerprint density at radius 1 is 0.541 bits per heavy atom. The lowest BCUT2D eigenvalue weighted by Crippen LogP contribution is -2.21. The first kappa shape index (κ1) is 25.6. The third kappa shape index (κ3) is 5.64. The van der Waals surface area contributed by atoms with Crippen LogP contribution in [0.25, 0.3) is 0 Å². The van der Waals surface area contributed by atoms with Gasteiger partial charge in [-0.05, 0) is 84.7 Å². The fourth-order valence-electron chi connectivity index (χ4n) is 6.12. The van der Waals surface area contributed by atoms with Gasteiger partial charge in [0.05, 0.1) is 0 Å². The van der Waals surface area contributed by atoms with Crippen molar-refractivity contribution in [3.05, 3.63) is 104 Å². The Balaban J connectivity index is 1.21. The third-order valence-corrected chi connectivity index (χ3v) is 8.33. The molecule has 0 bridgehead atoms. The van der Waals surface area contributed by atoms with Gasteiger partial charge in [-0.3, -0.25) is 9.59 Å². The van der Waals surface area contributed by atoms with Gasteiger partial charge in [-0.15, -0.1) is 0 Å². The van der Waals surface area contributed by atoms with Crippen LogP contribution in [0.1, 0.15) is 136 Å². The van der Waals surface area contributed by atoms with Crippen molar-refractivity contribution in [3.63, 3.8) is 0 Å². The lowest BCUT2D eigenvalue weighted by Gasteiger charge is -2.25. The van der Waals surface area contributed by atoms with E-state index in [9.17, 15) is 9.59 Å². The molecule has 2 nitrogen and oxygen atoms in total. The minimum absolute atomic E-state index is 0.0906. The Kier molecular flexibility index (Phi) is 8.03. The molecule has 0 fully saturated rings. The van der Waals surface area contributed by atoms with Crippen LogP contribution in [0, 0.1) is 6.92 Å². The molecule has 5 rings (SSSR count). The molecule has 0 amide bonds. The molecule has 192 valence electrons. The van der Waals surface area contributed by atoms with Gasteiger partial charge in [0, 0.05) is 22.3 Å². The van der Waals surface area contributed by atoms with Crippen LogP contribution in [0.5, 0.6) is 0 Å². The van der Waals surface area contributed by atoms with Crippen molar-refractivity contribution in [2.45, 2.75) is 97.3 Å². The molecule has 0 aliphatic heterocycles. The summed E-state index contributed by atoms with van der Waals surface area (Å²) in [6.45, 7) is 4.29. The maximum atomic E-state index is 13.6. The van der Waals surface area contributed by atoms with E-state index in [1.54, 1.807) is 0 Å². The van der Waals surface area contributed by atoms with Crippen LogP contribution in [-0.4, -0.2) is 11.6 Å². The second kappa shape index (κ2) is 11.6. The van der Waals surface area contributed by atoms with E-state index in [0.29, 0.717) is 6.42 Å². The molecule has 0 atom stereocenters. The van der Waals surface area contributed by atoms with E-state index < -0.39 is 0 Å². The fraction of sp³-hybridized carbons (Fsp3) is 0.429. The second-order valence-electron chi connectivity index (χ2n) is 11.3. The van der Waals surface area contributed by atoms with E-state index in [4.69, 9.17) is 0 Å². The summed E-state index contributed by atoms with van der Waals surface area (Å²) in [4.78, 5) is 26.8. The molecular weight excluding hydrogens is 452 g/mol. The minimum atomic E-state index is 0.0906. The van der Waals surface area contributed by atoms with Gasteiger partial charge in [-0.1, -0.05) is 94.5 Å². The maximum Gasteiger partial charge on any atom is 0.193 e. The monoisotopic (exact) mass is 492 g/mol. The summed E-state index contributed by atoms with van der Waals surface area (Å²) in [6, 6.07) is 16.6. The van der Waals surface area contributed by atoms with E-state index in [1.165, 1.54) is 69.8 Å². The average molecular weight is 493 g/mol. The Bertz CT molecular complexity index is 1310. The van der Waals surface area contributed by atoms with Crippen LogP contribution >= 0.6 is 0 Å². The first-order chi connectivity index (χ1) is 18.0. The van der Waals surface area contributed by atoms with Crippen molar-refractivity contribution in [2.24, 2.45) is 0 Å². The first-order valence-corrected chi connectivity index (χ1v) is 14.5. The molecule has 2 heteroatoms. The Labute approximate surface area is 222 Å². The van der Waals surface area contributed by atoms with Gasteiger partial charge >= 0.3 is 0 Å². The molecule has 0 aromatic heterocycles. The normalized spacial score (nSPS) is 13.7. The lowest BCUT2D eigenvalue weighted by molar-refractivity contribution is 0.102. The van der Waals surface area contributed by atoms with Gasteiger partial charge in [0.15, 0.2) is 11.6 Å². The van der Waals surface area contributed by atoms with Crippen LogP contribution < -0.4 is 0 Å². The average Bonchev–Trinajstić information content (AvgIpc) is 2.90. The molecule has 3 aromatic carbocycles. The van der Waals surface area contributed by atoms with Gasteiger partial charge in [-0.25, -0.2) is 0 Å². The molecule has 37 heavy (non-hydrogen) atoms. The van der Waals surface area contributed by atoms with Crippen LogP contribution in [0.4, 0.5) is 0 Å². The number of hydrogen-bond acceptors (Lipinski definition) is 2. The number of fused-ring (bicyclic) bond motifs is 4.